The summed E-state index contributed by atoms with van der Waals surface area (Å²) >= 11 is 0. The van der Waals surface area contributed by atoms with Crippen LogP contribution >= 0.6 is 0 Å². The average molecular weight is 270 g/mol. The van der Waals surface area contributed by atoms with Gasteiger partial charge < -0.3 is 15.8 Å². The lowest BCUT2D eigenvalue weighted by atomic mass is 9.73. The zero-order chi connectivity index (χ0) is 14.1. The van der Waals surface area contributed by atoms with E-state index in [1.54, 1.807) is 6.92 Å². The highest BCUT2D eigenvalue weighted by atomic mass is 16.5. The van der Waals surface area contributed by atoms with E-state index in [9.17, 15) is 9.59 Å². The summed E-state index contributed by atoms with van der Waals surface area (Å²) in [6, 6.07) is 0. The van der Waals surface area contributed by atoms with E-state index in [0.717, 1.165) is 25.7 Å². The van der Waals surface area contributed by atoms with E-state index in [-0.39, 0.29) is 17.3 Å². The van der Waals surface area contributed by atoms with Crippen LogP contribution in [0.25, 0.3) is 0 Å². The second-order valence-electron chi connectivity index (χ2n) is 5.21. The van der Waals surface area contributed by atoms with E-state index in [2.05, 4.69) is 5.32 Å². The molecule has 1 amide bonds. The molecule has 0 aromatic heterocycles. The highest BCUT2D eigenvalue weighted by Gasteiger charge is 2.37. The third kappa shape index (κ3) is 4.82. The molecule has 1 fully saturated rings. The molecule has 1 saturated carbocycles. The molecular weight excluding hydrogens is 244 g/mol. The summed E-state index contributed by atoms with van der Waals surface area (Å²) in [5, 5.41) is 2.91. The smallest absolute Gasteiger partial charge is 0.305 e. The summed E-state index contributed by atoms with van der Waals surface area (Å²) in [6.07, 6.45) is 6.08. The Bertz CT molecular complexity index is 299. The highest BCUT2D eigenvalue weighted by molar-refractivity contribution is 5.83. The minimum Gasteiger partial charge on any atom is -0.466 e. The molecule has 0 spiro atoms. The van der Waals surface area contributed by atoms with Gasteiger partial charge in [0, 0.05) is 19.5 Å². The van der Waals surface area contributed by atoms with Crippen molar-refractivity contribution in [3.05, 3.63) is 0 Å². The van der Waals surface area contributed by atoms with Gasteiger partial charge in [0.15, 0.2) is 0 Å². The Kier molecular flexibility index (Phi) is 6.84. The van der Waals surface area contributed by atoms with Crippen LogP contribution in [-0.2, 0) is 14.3 Å². The normalized spacial score (nSPS) is 17.8. The van der Waals surface area contributed by atoms with Crippen molar-refractivity contribution in [2.24, 2.45) is 11.1 Å². The van der Waals surface area contributed by atoms with Crippen LogP contribution in [0.5, 0.6) is 0 Å². The number of hydrogen-bond acceptors (Lipinski definition) is 4. The molecule has 110 valence electrons. The molecule has 0 atom stereocenters. The number of hydrogen-bond donors (Lipinski definition) is 2. The third-order valence-electron chi connectivity index (χ3n) is 3.83. The van der Waals surface area contributed by atoms with Gasteiger partial charge in [-0.15, -0.1) is 0 Å². The minimum atomic E-state index is -0.373. The van der Waals surface area contributed by atoms with Gasteiger partial charge in [0.2, 0.25) is 5.91 Å². The quantitative estimate of drug-likeness (QED) is 0.540. The summed E-state index contributed by atoms with van der Waals surface area (Å²) in [5.41, 5.74) is 5.42. The number of nitrogens with one attached hydrogen (secondary N) is 1. The molecule has 5 nitrogen and oxygen atoms in total. The van der Waals surface area contributed by atoms with Crippen molar-refractivity contribution in [1.29, 1.82) is 0 Å². The van der Waals surface area contributed by atoms with E-state index in [0.29, 0.717) is 32.5 Å². The number of amides is 1. The average Bonchev–Trinajstić information content (AvgIpc) is 2.44. The standard InChI is InChI=1S/C14H26N2O3/c1-2-19-12(17)7-6-10-16-13(18)14(11-15)8-4-3-5-9-14/h2-11,15H2,1H3,(H,16,18). The van der Waals surface area contributed by atoms with Crippen LogP contribution in [0, 0.1) is 5.41 Å². The van der Waals surface area contributed by atoms with Crippen LogP contribution in [0.15, 0.2) is 0 Å². The Morgan fingerprint density at radius 3 is 2.53 bits per heavy atom. The van der Waals surface area contributed by atoms with Crippen molar-refractivity contribution in [3.8, 4) is 0 Å². The Morgan fingerprint density at radius 2 is 1.95 bits per heavy atom. The maximum absolute atomic E-state index is 12.2. The molecular formula is C14H26N2O3. The summed E-state index contributed by atoms with van der Waals surface area (Å²) in [5.74, 6) is -0.151. The maximum atomic E-state index is 12.2. The van der Waals surface area contributed by atoms with Crippen LogP contribution in [0.1, 0.15) is 51.9 Å². The zero-order valence-electron chi connectivity index (χ0n) is 11.9. The molecule has 0 unspecified atom stereocenters. The molecule has 0 saturated heterocycles. The van der Waals surface area contributed by atoms with Crippen LogP contribution < -0.4 is 11.1 Å². The van der Waals surface area contributed by atoms with Gasteiger partial charge in [-0.2, -0.15) is 0 Å². The second-order valence-corrected chi connectivity index (χ2v) is 5.21. The monoisotopic (exact) mass is 270 g/mol. The SMILES string of the molecule is CCOC(=O)CCCNC(=O)C1(CN)CCCCC1. The largest absolute Gasteiger partial charge is 0.466 e. The predicted octanol–water partition coefficient (Wildman–Crippen LogP) is 1.36. The molecule has 5 heteroatoms. The molecule has 1 rings (SSSR count). The lowest BCUT2D eigenvalue weighted by molar-refractivity contribution is -0.143. The molecule has 0 aromatic rings. The first-order valence-corrected chi connectivity index (χ1v) is 7.28. The molecule has 1 aliphatic rings. The van der Waals surface area contributed by atoms with Gasteiger partial charge in [-0.3, -0.25) is 9.59 Å². The molecule has 19 heavy (non-hydrogen) atoms. The molecule has 0 bridgehead atoms. The van der Waals surface area contributed by atoms with Crippen molar-refractivity contribution in [2.45, 2.75) is 51.9 Å². The first-order chi connectivity index (χ1) is 9.14. The fourth-order valence-corrected chi connectivity index (χ4v) is 2.61. The first kappa shape index (κ1) is 16.0. The third-order valence-corrected chi connectivity index (χ3v) is 3.83. The zero-order valence-corrected chi connectivity index (χ0v) is 11.9. The van der Waals surface area contributed by atoms with Gasteiger partial charge in [0.05, 0.1) is 12.0 Å². The Balaban J connectivity index is 2.27. The molecule has 0 aromatic carbocycles. The van der Waals surface area contributed by atoms with Crippen LogP contribution in [0.4, 0.5) is 0 Å². The number of rotatable bonds is 7. The van der Waals surface area contributed by atoms with Crippen molar-refractivity contribution in [2.75, 3.05) is 19.7 Å². The first-order valence-electron chi connectivity index (χ1n) is 7.28. The lowest BCUT2D eigenvalue weighted by Gasteiger charge is -2.34. The molecule has 1 aliphatic carbocycles. The Labute approximate surface area is 115 Å². The number of nitrogens with two attached hydrogens (primary N) is 1. The minimum absolute atomic E-state index is 0.0542. The van der Waals surface area contributed by atoms with Crippen molar-refractivity contribution >= 4 is 11.9 Å². The van der Waals surface area contributed by atoms with Crippen LogP contribution in [0.3, 0.4) is 0 Å². The molecule has 0 radical (unpaired) electrons. The molecule has 0 heterocycles. The van der Waals surface area contributed by atoms with E-state index in [1.807, 2.05) is 0 Å². The van der Waals surface area contributed by atoms with Gasteiger partial charge in [-0.05, 0) is 26.2 Å². The van der Waals surface area contributed by atoms with Crippen molar-refractivity contribution < 1.29 is 14.3 Å². The van der Waals surface area contributed by atoms with E-state index < -0.39 is 0 Å². The molecule has 0 aliphatic heterocycles. The lowest BCUT2D eigenvalue weighted by Crippen LogP contribution is -2.47. The summed E-state index contributed by atoms with van der Waals surface area (Å²) < 4.78 is 4.83. The highest BCUT2D eigenvalue weighted by Crippen LogP contribution is 2.35. The second kappa shape index (κ2) is 8.15. The van der Waals surface area contributed by atoms with E-state index in [4.69, 9.17) is 10.5 Å². The Morgan fingerprint density at radius 1 is 1.26 bits per heavy atom. The number of carbonyl (C=O) groups is 2. The van der Waals surface area contributed by atoms with Crippen LogP contribution in [0.2, 0.25) is 0 Å². The van der Waals surface area contributed by atoms with Gasteiger partial charge in [0.1, 0.15) is 0 Å². The number of ether oxygens (including phenoxy) is 1. The number of esters is 1. The predicted molar refractivity (Wildman–Crippen MR) is 73.4 cm³/mol. The van der Waals surface area contributed by atoms with Gasteiger partial charge >= 0.3 is 5.97 Å². The van der Waals surface area contributed by atoms with Gasteiger partial charge in [-0.25, -0.2) is 0 Å². The van der Waals surface area contributed by atoms with E-state index in [1.165, 1.54) is 6.42 Å². The number of carbonyl (C=O) groups excluding carboxylic acids is 2. The summed E-state index contributed by atoms with van der Waals surface area (Å²) in [7, 11) is 0. The van der Waals surface area contributed by atoms with Crippen molar-refractivity contribution in [1.82, 2.24) is 5.32 Å². The Hall–Kier alpha value is -1.10. The fourth-order valence-electron chi connectivity index (χ4n) is 2.61. The van der Waals surface area contributed by atoms with Gasteiger partial charge in [0.25, 0.3) is 0 Å². The van der Waals surface area contributed by atoms with Crippen molar-refractivity contribution in [3.63, 3.8) is 0 Å². The summed E-state index contributed by atoms with van der Waals surface area (Å²) in [6.45, 7) is 3.12. The van der Waals surface area contributed by atoms with Crippen LogP contribution in [-0.4, -0.2) is 31.6 Å². The van der Waals surface area contributed by atoms with E-state index >= 15 is 0 Å². The fraction of sp³-hybridized carbons (Fsp3) is 0.857. The molecule has 3 N–H and O–H groups in total. The van der Waals surface area contributed by atoms with Gasteiger partial charge in [-0.1, -0.05) is 19.3 Å². The maximum Gasteiger partial charge on any atom is 0.305 e. The topological polar surface area (TPSA) is 81.4 Å². The summed E-state index contributed by atoms with van der Waals surface area (Å²) in [4.78, 5) is 23.4.